The molecule has 0 aliphatic rings. The van der Waals surface area contributed by atoms with Gasteiger partial charge in [0, 0.05) is 18.2 Å². The molecule has 2 N–H and O–H groups in total. The van der Waals surface area contributed by atoms with Gasteiger partial charge in [-0.2, -0.15) is 0 Å². The maximum Gasteiger partial charge on any atom is 0.167 e. The summed E-state index contributed by atoms with van der Waals surface area (Å²) in [6.07, 6.45) is 13.5. The van der Waals surface area contributed by atoms with Gasteiger partial charge in [-0.15, -0.1) is 0 Å². The van der Waals surface area contributed by atoms with E-state index in [0.29, 0.717) is 29.6 Å². The molecule has 1 aromatic heterocycles. The number of phenols is 1. The third-order valence-corrected chi connectivity index (χ3v) is 6.80. The molecule has 1 unspecified atom stereocenters. The molecular formula is C32H45N3O4. The summed E-state index contributed by atoms with van der Waals surface area (Å²) in [7, 11) is 0. The van der Waals surface area contributed by atoms with Crippen LogP contribution < -0.4 is 4.74 Å². The van der Waals surface area contributed by atoms with Crippen molar-refractivity contribution in [1.82, 2.24) is 15.0 Å². The number of aromatic hydroxyl groups is 1. The number of aromatic nitrogens is 3. The summed E-state index contributed by atoms with van der Waals surface area (Å²) >= 11 is 0. The van der Waals surface area contributed by atoms with Crippen molar-refractivity contribution >= 4 is 0 Å². The molecule has 0 bridgehead atoms. The van der Waals surface area contributed by atoms with E-state index in [4.69, 9.17) is 9.47 Å². The zero-order valence-electron chi connectivity index (χ0n) is 23.9. The Labute approximate surface area is 233 Å². The Bertz CT molecular complexity index is 1140. The Morgan fingerprint density at radius 1 is 0.769 bits per heavy atom. The number of nitrogens with zero attached hydrogens (tertiary/aromatic N) is 3. The number of ether oxygens (including phenoxy) is 2. The highest BCUT2D eigenvalue weighted by Crippen LogP contribution is 2.31. The van der Waals surface area contributed by atoms with E-state index in [1.807, 2.05) is 26.0 Å². The molecule has 0 fully saturated rings. The van der Waals surface area contributed by atoms with Crippen LogP contribution in [-0.4, -0.2) is 51.1 Å². The van der Waals surface area contributed by atoms with E-state index >= 15 is 0 Å². The van der Waals surface area contributed by atoms with Crippen molar-refractivity contribution in [1.29, 1.82) is 0 Å². The quantitative estimate of drug-likeness (QED) is 0.166. The van der Waals surface area contributed by atoms with Crippen molar-refractivity contribution in [2.75, 3.05) is 19.8 Å². The Kier molecular flexibility index (Phi) is 13.2. The predicted molar refractivity (Wildman–Crippen MR) is 156 cm³/mol. The topological polar surface area (TPSA) is 97.6 Å². The third kappa shape index (κ3) is 10.6. The first-order valence-corrected chi connectivity index (χ1v) is 14.5. The first-order chi connectivity index (χ1) is 19.0. The second kappa shape index (κ2) is 16.8. The Balaban J connectivity index is 1.37. The molecule has 3 rings (SSSR count). The number of benzene rings is 2. The van der Waals surface area contributed by atoms with Crippen LogP contribution in [-0.2, 0) is 4.74 Å². The van der Waals surface area contributed by atoms with Gasteiger partial charge < -0.3 is 19.7 Å². The zero-order valence-corrected chi connectivity index (χ0v) is 23.9. The maximum absolute atomic E-state index is 10.6. The number of hydrogen-bond donors (Lipinski definition) is 2. The van der Waals surface area contributed by atoms with Crippen LogP contribution in [0.15, 0.2) is 42.7 Å². The number of hydrogen-bond acceptors (Lipinski definition) is 7. The lowest BCUT2D eigenvalue weighted by atomic mass is 10.1. The lowest BCUT2D eigenvalue weighted by Crippen LogP contribution is -2.23. The van der Waals surface area contributed by atoms with Gasteiger partial charge in [-0.05, 0) is 38.0 Å². The van der Waals surface area contributed by atoms with E-state index < -0.39 is 6.10 Å². The average Bonchev–Trinajstić information content (AvgIpc) is 2.92. The van der Waals surface area contributed by atoms with Gasteiger partial charge in [0.2, 0.25) is 0 Å². The third-order valence-electron chi connectivity index (χ3n) is 6.80. The van der Waals surface area contributed by atoms with E-state index in [9.17, 15) is 10.2 Å². The summed E-state index contributed by atoms with van der Waals surface area (Å²) < 4.78 is 11.3. The minimum absolute atomic E-state index is 0.00280. The fourth-order valence-electron chi connectivity index (χ4n) is 4.56. The summed E-state index contributed by atoms with van der Waals surface area (Å²) in [6.45, 7) is 7.28. The van der Waals surface area contributed by atoms with Crippen LogP contribution in [0.1, 0.15) is 82.3 Å². The molecule has 1 heterocycles. The van der Waals surface area contributed by atoms with Crippen LogP contribution in [0, 0.1) is 13.8 Å². The Hall–Kier alpha value is -3.03. The molecule has 0 aliphatic carbocycles. The number of phenolic OH excluding ortho intramolecular Hbond substituents is 1. The lowest BCUT2D eigenvalue weighted by Gasteiger charge is -2.14. The summed E-state index contributed by atoms with van der Waals surface area (Å²) in [5.74, 6) is 1.38. The molecule has 7 heteroatoms. The molecule has 0 aliphatic heterocycles. The molecule has 0 saturated heterocycles. The second-order valence-corrected chi connectivity index (χ2v) is 10.4. The minimum Gasteiger partial charge on any atom is -0.507 e. The molecule has 0 amide bonds. The Morgan fingerprint density at radius 3 is 2.08 bits per heavy atom. The van der Waals surface area contributed by atoms with Crippen LogP contribution in [0.2, 0.25) is 0 Å². The summed E-state index contributed by atoms with van der Waals surface area (Å²) in [6, 6.07) is 11.0. The average molecular weight is 536 g/mol. The van der Waals surface area contributed by atoms with Crippen LogP contribution in [0.3, 0.4) is 0 Å². The summed E-state index contributed by atoms with van der Waals surface area (Å²) in [5.41, 5.74) is 3.65. The van der Waals surface area contributed by atoms with E-state index in [1.54, 1.807) is 12.1 Å². The van der Waals surface area contributed by atoms with Gasteiger partial charge >= 0.3 is 0 Å². The van der Waals surface area contributed by atoms with Crippen molar-refractivity contribution in [3.05, 3.63) is 53.9 Å². The molecule has 0 saturated carbocycles. The van der Waals surface area contributed by atoms with E-state index in [1.165, 1.54) is 75.7 Å². The van der Waals surface area contributed by atoms with Crippen molar-refractivity contribution in [3.8, 4) is 34.3 Å². The monoisotopic (exact) mass is 535 g/mol. The van der Waals surface area contributed by atoms with Crippen molar-refractivity contribution < 1.29 is 19.7 Å². The second-order valence-electron chi connectivity index (χ2n) is 10.4. The van der Waals surface area contributed by atoms with E-state index in [0.717, 1.165) is 17.5 Å². The standard InChI is InChI=1S/C32H45N3O4/c1-4-5-6-7-8-9-10-11-12-13-18-38-21-26(36)22-39-27-15-17-29(30(37)20-27)32-34-23-33-31(35-32)28-16-14-24(2)19-25(28)3/h14-17,19-20,23,26,36-37H,4-13,18,21-22H2,1-3H3. The number of aryl methyl sites for hydroxylation is 2. The summed E-state index contributed by atoms with van der Waals surface area (Å²) in [4.78, 5) is 13.1. The van der Waals surface area contributed by atoms with E-state index in [-0.39, 0.29) is 19.0 Å². The molecule has 0 radical (unpaired) electrons. The van der Waals surface area contributed by atoms with Crippen LogP contribution in [0.4, 0.5) is 0 Å². The predicted octanol–water partition coefficient (Wildman–Crippen LogP) is 7.21. The van der Waals surface area contributed by atoms with Gasteiger partial charge in [0.25, 0.3) is 0 Å². The van der Waals surface area contributed by atoms with Gasteiger partial charge in [0.1, 0.15) is 30.5 Å². The highest BCUT2D eigenvalue weighted by Gasteiger charge is 2.13. The zero-order chi connectivity index (χ0) is 27.9. The van der Waals surface area contributed by atoms with Crippen LogP contribution in [0.25, 0.3) is 22.8 Å². The first kappa shape index (κ1) is 30.5. The number of aliphatic hydroxyl groups excluding tert-OH is 1. The largest absolute Gasteiger partial charge is 0.507 e. The minimum atomic E-state index is -0.737. The fraction of sp³-hybridized carbons (Fsp3) is 0.531. The molecular weight excluding hydrogens is 490 g/mol. The van der Waals surface area contributed by atoms with Crippen molar-refractivity contribution in [2.45, 2.75) is 91.1 Å². The normalized spacial score (nSPS) is 12.0. The first-order valence-electron chi connectivity index (χ1n) is 14.5. The molecule has 0 spiro atoms. The highest BCUT2D eigenvalue weighted by molar-refractivity contribution is 5.68. The number of aliphatic hydroxyl groups is 1. The fourth-order valence-corrected chi connectivity index (χ4v) is 4.56. The van der Waals surface area contributed by atoms with Gasteiger partial charge in [0.15, 0.2) is 11.6 Å². The number of rotatable bonds is 18. The Morgan fingerprint density at radius 2 is 1.41 bits per heavy atom. The highest BCUT2D eigenvalue weighted by atomic mass is 16.5. The molecule has 212 valence electrons. The summed E-state index contributed by atoms with van der Waals surface area (Å²) in [5, 5.41) is 20.8. The van der Waals surface area contributed by atoms with Gasteiger partial charge in [0.05, 0.1) is 12.2 Å². The molecule has 7 nitrogen and oxygen atoms in total. The molecule has 2 aromatic carbocycles. The van der Waals surface area contributed by atoms with Crippen LogP contribution in [0.5, 0.6) is 11.5 Å². The maximum atomic E-state index is 10.6. The van der Waals surface area contributed by atoms with Gasteiger partial charge in [-0.3, -0.25) is 0 Å². The van der Waals surface area contributed by atoms with Gasteiger partial charge in [-0.1, -0.05) is 88.5 Å². The molecule has 39 heavy (non-hydrogen) atoms. The SMILES string of the molecule is CCCCCCCCCCCCOCC(O)COc1ccc(-c2ncnc(-c3ccc(C)cc3C)n2)c(O)c1. The van der Waals surface area contributed by atoms with Crippen molar-refractivity contribution in [2.24, 2.45) is 0 Å². The van der Waals surface area contributed by atoms with E-state index in [2.05, 4.69) is 27.9 Å². The molecule has 1 atom stereocenters. The van der Waals surface area contributed by atoms with Crippen molar-refractivity contribution in [3.63, 3.8) is 0 Å². The lowest BCUT2D eigenvalue weighted by molar-refractivity contribution is 0.0109. The smallest absolute Gasteiger partial charge is 0.167 e. The molecule has 3 aromatic rings. The van der Waals surface area contributed by atoms with Crippen LogP contribution >= 0.6 is 0 Å². The number of unbranched alkanes of at least 4 members (excludes halogenated alkanes) is 9. The van der Waals surface area contributed by atoms with Gasteiger partial charge in [-0.25, -0.2) is 15.0 Å².